The minimum Gasteiger partial charge on any atom is -1.00 e. The van der Waals surface area contributed by atoms with E-state index in [1.165, 1.54) is 11.1 Å². The highest BCUT2D eigenvalue weighted by Gasteiger charge is 1.96. The second-order valence-corrected chi connectivity index (χ2v) is 3.96. The summed E-state index contributed by atoms with van der Waals surface area (Å²) >= 11 is 0. The zero-order chi connectivity index (χ0) is 12.1. The molecule has 92 valence electrons. The Balaban J connectivity index is 0.00000162. The Bertz CT molecular complexity index is 503. The summed E-state index contributed by atoms with van der Waals surface area (Å²) in [6.45, 7) is 4.08. The average Bonchev–Trinajstić information content (AvgIpc) is 2.34. The lowest BCUT2D eigenvalue weighted by molar-refractivity contribution is -0.00000372. The molecule has 0 saturated heterocycles. The van der Waals surface area contributed by atoms with E-state index in [-0.39, 0.29) is 12.4 Å². The third-order valence-corrected chi connectivity index (χ3v) is 2.39. The fraction of sp³-hybridized carbons (Fsp3) is 0.143. The van der Waals surface area contributed by atoms with Crippen molar-refractivity contribution in [1.82, 2.24) is 4.91 Å². The van der Waals surface area contributed by atoms with Gasteiger partial charge in [-0.3, -0.25) is 0 Å². The Morgan fingerprint density at radius 3 is 1.33 bits per heavy atom. The fourth-order valence-electron chi connectivity index (χ4n) is 1.35. The third-order valence-electron chi connectivity index (χ3n) is 2.39. The van der Waals surface area contributed by atoms with Gasteiger partial charge in [0.1, 0.15) is 0 Å². The van der Waals surface area contributed by atoms with E-state index in [0.717, 1.165) is 11.4 Å². The van der Waals surface area contributed by atoms with Gasteiger partial charge in [0.2, 0.25) is 4.91 Å². The first-order valence-corrected chi connectivity index (χ1v) is 5.49. The third kappa shape index (κ3) is 4.13. The Labute approximate surface area is 113 Å². The van der Waals surface area contributed by atoms with Crippen molar-refractivity contribution in [2.45, 2.75) is 13.8 Å². The minimum atomic E-state index is 0. The summed E-state index contributed by atoms with van der Waals surface area (Å²) in [5, 5.41) is 8.05. The van der Waals surface area contributed by atoms with Gasteiger partial charge in [0.05, 0.1) is 0 Å². The van der Waals surface area contributed by atoms with E-state index in [0.29, 0.717) is 0 Å². The number of hydrogen-bond acceptors (Lipinski definition) is 2. The van der Waals surface area contributed by atoms with Crippen LogP contribution in [0.25, 0.3) is 0 Å². The van der Waals surface area contributed by atoms with E-state index in [1.54, 1.807) is 0 Å². The van der Waals surface area contributed by atoms with E-state index in [1.807, 2.05) is 62.4 Å². The van der Waals surface area contributed by atoms with E-state index < -0.39 is 0 Å². The zero-order valence-corrected chi connectivity index (χ0v) is 11.1. The summed E-state index contributed by atoms with van der Waals surface area (Å²) in [7, 11) is 0. The summed E-state index contributed by atoms with van der Waals surface area (Å²) in [4.78, 5) is 3.82. The Morgan fingerprint density at radius 2 is 1.00 bits per heavy atom. The molecule has 4 heteroatoms. The SMILES string of the molecule is Cc1ccc(N=[N+]=Nc2ccc(C)cc2)cc1.[Cl-]. The maximum atomic E-state index is 4.02. The monoisotopic (exact) mass is 259 g/mol. The molecular weight excluding hydrogens is 246 g/mol. The second kappa shape index (κ2) is 6.70. The molecule has 0 saturated carbocycles. The van der Waals surface area contributed by atoms with Crippen LogP contribution in [0.3, 0.4) is 0 Å². The van der Waals surface area contributed by atoms with Crippen molar-refractivity contribution in [3.63, 3.8) is 0 Å². The largest absolute Gasteiger partial charge is 1.00 e. The van der Waals surface area contributed by atoms with Crippen LogP contribution in [-0.2, 0) is 0 Å². The Morgan fingerprint density at radius 1 is 0.667 bits per heavy atom. The highest BCUT2D eigenvalue weighted by molar-refractivity contribution is 5.38. The van der Waals surface area contributed by atoms with Gasteiger partial charge < -0.3 is 12.4 Å². The van der Waals surface area contributed by atoms with Crippen molar-refractivity contribution in [3.05, 3.63) is 59.7 Å². The van der Waals surface area contributed by atoms with Crippen molar-refractivity contribution in [1.29, 1.82) is 0 Å². The van der Waals surface area contributed by atoms with Gasteiger partial charge in [0.25, 0.3) is 0 Å². The molecule has 3 nitrogen and oxygen atoms in total. The number of aryl methyl sites for hydroxylation is 2. The number of rotatable bonds is 2. The Hall–Kier alpha value is -1.96. The van der Waals surface area contributed by atoms with Gasteiger partial charge in [-0.2, -0.15) is 0 Å². The van der Waals surface area contributed by atoms with Gasteiger partial charge in [-0.1, -0.05) is 35.4 Å². The van der Waals surface area contributed by atoms with Crippen LogP contribution in [0.2, 0.25) is 0 Å². The summed E-state index contributed by atoms with van der Waals surface area (Å²) < 4.78 is 0. The van der Waals surface area contributed by atoms with Crippen LogP contribution in [-0.4, -0.2) is 0 Å². The maximum absolute atomic E-state index is 4.02. The van der Waals surface area contributed by atoms with E-state index in [4.69, 9.17) is 0 Å². The molecule has 18 heavy (non-hydrogen) atoms. The predicted octanol–water partition coefficient (Wildman–Crippen LogP) is 1.24. The topological polar surface area (TPSA) is 38.8 Å². The number of nitrogens with zero attached hydrogens (tertiary/aromatic N) is 3. The Kier molecular flexibility index (Phi) is 5.25. The molecule has 0 aromatic heterocycles. The number of halogens is 1. The summed E-state index contributed by atoms with van der Waals surface area (Å²) in [6, 6.07) is 15.7. The van der Waals surface area contributed by atoms with Crippen molar-refractivity contribution >= 4 is 11.4 Å². The van der Waals surface area contributed by atoms with E-state index >= 15 is 0 Å². The van der Waals surface area contributed by atoms with Crippen LogP contribution in [0.15, 0.2) is 58.8 Å². The van der Waals surface area contributed by atoms with Crippen LogP contribution in [0, 0.1) is 13.8 Å². The first-order valence-electron chi connectivity index (χ1n) is 5.49. The van der Waals surface area contributed by atoms with Crippen molar-refractivity contribution in [3.8, 4) is 0 Å². The fourth-order valence-corrected chi connectivity index (χ4v) is 1.35. The van der Waals surface area contributed by atoms with Crippen LogP contribution >= 0.6 is 0 Å². The molecular formula is C14H14ClN3. The van der Waals surface area contributed by atoms with Crippen LogP contribution < -0.4 is 17.3 Å². The standard InChI is InChI=1S/C14H14N3.ClH/c1-11-3-7-13(8-4-11)15-17-16-14-9-5-12(2)6-10-14;/h3-10H,1-2H3;1H/q+1;/p-1. The van der Waals surface area contributed by atoms with Gasteiger partial charge in [0.15, 0.2) is 21.6 Å². The molecule has 0 atom stereocenters. The van der Waals surface area contributed by atoms with Gasteiger partial charge in [-0.15, -0.1) is 0 Å². The second-order valence-electron chi connectivity index (χ2n) is 3.96. The normalized spacial score (nSPS) is 9.00. The molecule has 0 spiro atoms. The quantitative estimate of drug-likeness (QED) is 0.575. The van der Waals surface area contributed by atoms with Gasteiger partial charge in [0, 0.05) is 0 Å². The molecule has 0 radical (unpaired) electrons. The molecule has 0 unspecified atom stereocenters. The van der Waals surface area contributed by atoms with E-state index in [9.17, 15) is 0 Å². The van der Waals surface area contributed by atoms with Gasteiger partial charge in [-0.25, -0.2) is 0 Å². The van der Waals surface area contributed by atoms with E-state index in [2.05, 4.69) is 15.1 Å². The number of benzene rings is 2. The molecule has 0 bridgehead atoms. The van der Waals surface area contributed by atoms with Crippen LogP contribution in [0.1, 0.15) is 11.1 Å². The molecule has 2 aromatic rings. The molecule has 0 heterocycles. The summed E-state index contributed by atoms with van der Waals surface area (Å²) in [5.41, 5.74) is 4.04. The molecule has 0 aliphatic carbocycles. The first kappa shape index (κ1) is 14.1. The average molecular weight is 260 g/mol. The van der Waals surface area contributed by atoms with Crippen LogP contribution in [0.4, 0.5) is 11.4 Å². The lowest BCUT2D eigenvalue weighted by Gasteiger charge is -1.87. The van der Waals surface area contributed by atoms with Crippen molar-refractivity contribution in [2.24, 2.45) is 10.2 Å². The molecule has 2 aromatic carbocycles. The first-order chi connectivity index (χ1) is 8.24. The maximum Gasteiger partial charge on any atom is 0.228 e. The summed E-state index contributed by atoms with van der Waals surface area (Å²) in [5.74, 6) is 0. The zero-order valence-electron chi connectivity index (χ0n) is 10.3. The summed E-state index contributed by atoms with van der Waals surface area (Å²) in [6.07, 6.45) is 0. The minimum absolute atomic E-state index is 0. The predicted molar refractivity (Wildman–Crippen MR) is 68.7 cm³/mol. The van der Waals surface area contributed by atoms with Crippen molar-refractivity contribution in [2.75, 3.05) is 0 Å². The molecule has 0 aliphatic rings. The van der Waals surface area contributed by atoms with Crippen LogP contribution in [0.5, 0.6) is 0 Å². The van der Waals surface area contributed by atoms with Gasteiger partial charge in [-0.05, 0) is 38.1 Å². The molecule has 0 amide bonds. The molecule has 0 aliphatic heterocycles. The highest BCUT2D eigenvalue weighted by atomic mass is 35.5. The van der Waals surface area contributed by atoms with Gasteiger partial charge >= 0.3 is 0 Å². The van der Waals surface area contributed by atoms with Crippen molar-refractivity contribution < 1.29 is 12.4 Å². The molecule has 0 fully saturated rings. The molecule has 2 rings (SSSR count). The molecule has 0 N–H and O–H groups in total. The highest BCUT2D eigenvalue weighted by Crippen LogP contribution is 2.13. The number of hydrogen-bond donors (Lipinski definition) is 0. The lowest BCUT2D eigenvalue weighted by atomic mass is 10.2. The lowest BCUT2D eigenvalue weighted by Crippen LogP contribution is -3.00. The smallest absolute Gasteiger partial charge is 0.228 e.